The number of hydrogen-bond acceptors (Lipinski definition) is 3. The SMILES string of the molecule is CC(=O)N(C)C1C(=O)N(C2CCCCC2)c2ccc(C(N)=O)cc21. The minimum absolute atomic E-state index is 0.0868. The van der Waals surface area contributed by atoms with Crippen LogP contribution in [-0.4, -0.2) is 35.7 Å². The van der Waals surface area contributed by atoms with Crippen molar-refractivity contribution in [1.29, 1.82) is 0 Å². The third-order valence-corrected chi connectivity index (χ3v) is 5.16. The van der Waals surface area contributed by atoms with Gasteiger partial charge < -0.3 is 15.5 Å². The van der Waals surface area contributed by atoms with Crippen molar-refractivity contribution < 1.29 is 14.4 Å². The van der Waals surface area contributed by atoms with Gasteiger partial charge in [0.15, 0.2) is 0 Å². The zero-order valence-electron chi connectivity index (χ0n) is 14.1. The van der Waals surface area contributed by atoms with Gasteiger partial charge in [0, 0.05) is 36.8 Å². The summed E-state index contributed by atoms with van der Waals surface area (Å²) in [5.41, 5.74) is 7.23. The highest BCUT2D eigenvalue weighted by Gasteiger charge is 2.43. The molecule has 2 aliphatic rings. The number of primary amides is 1. The first-order valence-corrected chi connectivity index (χ1v) is 8.42. The number of anilines is 1. The molecule has 0 bridgehead atoms. The normalized spacial score (nSPS) is 20.8. The van der Waals surface area contributed by atoms with E-state index >= 15 is 0 Å². The molecule has 1 atom stereocenters. The fraction of sp³-hybridized carbons (Fsp3) is 0.500. The first kappa shape index (κ1) is 16.5. The summed E-state index contributed by atoms with van der Waals surface area (Å²) < 4.78 is 0. The third-order valence-electron chi connectivity index (χ3n) is 5.16. The van der Waals surface area contributed by atoms with Gasteiger partial charge >= 0.3 is 0 Å². The van der Waals surface area contributed by atoms with Crippen LogP contribution in [0.5, 0.6) is 0 Å². The summed E-state index contributed by atoms with van der Waals surface area (Å²) in [6.45, 7) is 1.44. The molecule has 24 heavy (non-hydrogen) atoms. The molecule has 0 aromatic heterocycles. The van der Waals surface area contributed by atoms with Crippen LogP contribution in [0.2, 0.25) is 0 Å². The molecule has 0 spiro atoms. The maximum Gasteiger partial charge on any atom is 0.254 e. The molecule has 1 aliphatic carbocycles. The van der Waals surface area contributed by atoms with Crippen LogP contribution in [-0.2, 0) is 9.59 Å². The first-order valence-electron chi connectivity index (χ1n) is 8.42. The summed E-state index contributed by atoms with van der Waals surface area (Å²) in [5, 5.41) is 0. The number of carbonyl (C=O) groups is 3. The first-order chi connectivity index (χ1) is 11.4. The fourth-order valence-electron chi connectivity index (χ4n) is 3.80. The molecule has 2 N–H and O–H groups in total. The number of nitrogens with two attached hydrogens (primary N) is 1. The topological polar surface area (TPSA) is 83.7 Å². The van der Waals surface area contributed by atoms with Crippen molar-refractivity contribution in [2.24, 2.45) is 5.73 Å². The minimum atomic E-state index is -0.682. The maximum atomic E-state index is 13.1. The second kappa shape index (κ2) is 6.26. The molecule has 128 valence electrons. The standard InChI is InChI=1S/C18H23N3O3/c1-11(22)20(2)16-14-10-12(17(19)23)8-9-15(14)21(18(16)24)13-6-4-3-5-7-13/h8-10,13,16H,3-7H2,1-2H3,(H2,19,23). The molecule has 1 saturated carbocycles. The summed E-state index contributed by atoms with van der Waals surface area (Å²) in [4.78, 5) is 39.8. The van der Waals surface area contributed by atoms with E-state index < -0.39 is 11.9 Å². The lowest BCUT2D eigenvalue weighted by Gasteiger charge is -2.32. The van der Waals surface area contributed by atoms with Gasteiger partial charge in [-0.2, -0.15) is 0 Å². The maximum absolute atomic E-state index is 13.1. The number of carbonyl (C=O) groups excluding carboxylic acids is 3. The Morgan fingerprint density at radius 2 is 1.88 bits per heavy atom. The Bertz CT molecular complexity index is 695. The van der Waals surface area contributed by atoms with Gasteiger partial charge in [0.25, 0.3) is 5.91 Å². The number of hydrogen-bond donors (Lipinski definition) is 1. The van der Waals surface area contributed by atoms with E-state index in [2.05, 4.69) is 0 Å². The van der Waals surface area contributed by atoms with Crippen LogP contribution in [0.15, 0.2) is 18.2 Å². The molecular weight excluding hydrogens is 306 g/mol. The Morgan fingerprint density at radius 1 is 1.21 bits per heavy atom. The summed E-state index contributed by atoms with van der Waals surface area (Å²) in [6, 6.07) is 4.58. The molecule has 6 heteroatoms. The molecule has 0 saturated heterocycles. The van der Waals surface area contributed by atoms with E-state index in [0.717, 1.165) is 31.4 Å². The lowest BCUT2D eigenvalue weighted by Crippen LogP contribution is -2.43. The van der Waals surface area contributed by atoms with E-state index in [9.17, 15) is 14.4 Å². The predicted molar refractivity (Wildman–Crippen MR) is 90.5 cm³/mol. The van der Waals surface area contributed by atoms with Gasteiger partial charge in [0.1, 0.15) is 6.04 Å². The molecule has 3 rings (SSSR count). The zero-order chi connectivity index (χ0) is 17.4. The fourth-order valence-corrected chi connectivity index (χ4v) is 3.80. The van der Waals surface area contributed by atoms with Crippen molar-refractivity contribution in [2.45, 2.75) is 51.1 Å². The zero-order valence-corrected chi connectivity index (χ0v) is 14.1. The summed E-state index contributed by atoms with van der Waals surface area (Å²) >= 11 is 0. The van der Waals surface area contributed by atoms with Gasteiger partial charge in [-0.05, 0) is 31.0 Å². The van der Waals surface area contributed by atoms with Gasteiger partial charge in [0.05, 0.1) is 0 Å². The van der Waals surface area contributed by atoms with Crippen LogP contribution in [0.25, 0.3) is 0 Å². The lowest BCUT2D eigenvalue weighted by atomic mass is 9.94. The van der Waals surface area contributed by atoms with Crippen LogP contribution in [0, 0.1) is 0 Å². The van der Waals surface area contributed by atoms with Crippen LogP contribution in [0.3, 0.4) is 0 Å². The lowest BCUT2D eigenvalue weighted by molar-refractivity contribution is -0.136. The van der Waals surface area contributed by atoms with Gasteiger partial charge in [-0.1, -0.05) is 19.3 Å². The largest absolute Gasteiger partial charge is 0.366 e. The number of fused-ring (bicyclic) bond motifs is 1. The Hall–Kier alpha value is -2.37. The number of likely N-dealkylation sites (N-methyl/N-ethyl adjacent to an activating group) is 1. The smallest absolute Gasteiger partial charge is 0.254 e. The predicted octanol–water partition coefficient (Wildman–Crippen LogP) is 1.98. The molecule has 0 radical (unpaired) electrons. The second-order valence-electron chi connectivity index (χ2n) is 6.67. The number of benzene rings is 1. The van der Waals surface area contributed by atoms with Crippen LogP contribution >= 0.6 is 0 Å². The monoisotopic (exact) mass is 329 g/mol. The Labute approximate surface area is 141 Å². The molecule has 3 amide bonds. The molecule has 1 aromatic rings. The summed E-state index contributed by atoms with van der Waals surface area (Å²) in [5.74, 6) is -0.809. The summed E-state index contributed by atoms with van der Waals surface area (Å²) in [7, 11) is 1.62. The van der Waals surface area contributed by atoms with Gasteiger partial charge in [-0.25, -0.2) is 0 Å². The molecule has 1 fully saturated rings. The average molecular weight is 329 g/mol. The molecular formula is C18H23N3O3. The number of amides is 3. The minimum Gasteiger partial charge on any atom is -0.366 e. The highest BCUT2D eigenvalue weighted by molar-refractivity contribution is 6.07. The van der Waals surface area contributed by atoms with Gasteiger partial charge in [-0.3, -0.25) is 14.4 Å². The molecule has 6 nitrogen and oxygen atoms in total. The van der Waals surface area contributed by atoms with Gasteiger partial charge in [-0.15, -0.1) is 0 Å². The summed E-state index contributed by atoms with van der Waals surface area (Å²) in [6.07, 6.45) is 5.36. The van der Waals surface area contributed by atoms with E-state index in [-0.39, 0.29) is 17.9 Å². The average Bonchev–Trinajstić information content (AvgIpc) is 2.85. The van der Waals surface area contributed by atoms with Crippen molar-refractivity contribution >= 4 is 23.4 Å². The Balaban J connectivity index is 2.07. The van der Waals surface area contributed by atoms with E-state index in [1.807, 2.05) is 4.90 Å². The molecule has 1 aliphatic heterocycles. The van der Waals surface area contributed by atoms with Crippen LogP contribution < -0.4 is 10.6 Å². The quantitative estimate of drug-likeness (QED) is 0.920. The Morgan fingerprint density at radius 3 is 2.46 bits per heavy atom. The van der Waals surface area contributed by atoms with Crippen molar-refractivity contribution in [3.63, 3.8) is 0 Å². The molecule has 1 unspecified atom stereocenters. The number of nitrogens with zero attached hydrogens (tertiary/aromatic N) is 2. The van der Waals surface area contributed by atoms with Crippen molar-refractivity contribution in [1.82, 2.24) is 4.90 Å². The Kier molecular flexibility index (Phi) is 4.30. The third kappa shape index (κ3) is 2.66. The second-order valence-corrected chi connectivity index (χ2v) is 6.67. The molecule has 1 heterocycles. The van der Waals surface area contributed by atoms with Crippen molar-refractivity contribution in [3.8, 4) is 0 Å². The van der Waals surface area contributed by atoms with E-state index in [1.54, 1.807) is 25.2 Å². The van der Waals surface area contributed by atoms with E-state index in [0.29, 0.717) is 11.1 Å². The van der Waals surface area contributed by atoms with Crippen molar-refractivity contribution in [2.75, 3.05) is 11.9 Å². The van der Waals surface area contributed by atoms with E-state index in [1.165, 1.54) is 18.2 Å². The highest BCUT2D eigenvalue weighted by atomic mass is 16.2. The van der Waals surface area contributed by atoms with Gasteiger partial charge in [0.2, 0.25) is 11.8 Å². The highest BCUT2D eigenvalue weighted by Crippen LogP contribution is 2.42. The van der Waals surface area contributed by atoms with E-state index in [4.69, 9.17) is 5.73 Å². The molecule has 1 aromatic carbocycles. The van der Waals surface area contributed by atoms with Crippen LogP contribution in [0.1, 0.15) is 61.0 Å². The van der Waals surface area contributed by atoms with Crippen molar-refractivity contribution in [3.05, 3.63) is 29.3 Å². The van der Waals surface area contributed by atoms with Crippen LogP contribution in [0.4, 0.5) is 5.69 Å². The number of rotatable bonds is 3.